The number of rotatable bonds is 2. The van der Waals surface area contributed by atoms with Crippen LogP contribution in [-0.4, -0.2) is 0 Å². The SMILES string of the molecule is Cc1cc(C(C)C)cc(C2CC2)c1. The number of benzene rings is 1. The number of hydrogen-bond acceptors (Lipinski definition) is 0. The van der Waals surface area contributed by atoms with Gasteiger partial charge in [0.2, 0.25) is 0 Å². The zero-order valence-electron chi connectivity index (χ0n) is 8.80. The van der Waals surface area contributed by atoms with E-state index in [1.807, 2.05) is 0 Å². The van der Waals surface area contributed by atoms with Gasteiger partial charge in [-0.15, -0.1) is 0 Å². The molecule has 0 nitrogen and oxygen atoms in total. The van der Waals surface area contributed by atoms with Gasteiger partial charge >= 0.3 is 0 Å². The topological polar surface area (TPSA) is 0 Å². The summed E-state index contributed by atoms with van der Waals surface area (Å²) in [6.07, 6.45) is 2.81. The Kier molecular flexibility index (Phi) is 2.15. The fourth-order valence-corrected chi connectivity index (χ4v) is 1.83. The van der Waals surface area contributed by atoms with E-state index in [1.54, 1.807) is 5.56 Å². The molecular formula is C13H18. The van der Waals surface area contributed by atoms with E-state index in [0.29, 0.717) is 5.92 Å². The Morgan fingerprint density at radius 3 is 2.38 bits per heavy atom. The van der Waals surface area contributed by atoms with Crippen molar-refractivity contribution < 1.29 is 0 Å². The Hall–Kier alpha value is -0.780. The summed E-state index contributed by atoms with van der Waals surface area (Å²) in [6, 6.07) is 7.06. The molecule has 0 aromatic heterocycles. The highest BCUT2D eigenvalue weighted by molar-refractivity contribution is 5.35. The maximum absolute atomic E-state index is 2.40. The van der Waals surface area contributed by atoms with Crippen LogP contribution in [0.1, 0.15) is 55.2 Å². The Morgan fingerprint density at radius 2 is 1.85 bits per heavy atom. The Bertz CT molecular complexity index is 286. The van der Waals surface area contributed by atoms with Crippen molar-refractivity contribution in [3.8, 4) is 0 Å². The van der Waals surface area contributed by atoms with Gasteiger partial charge in [-0.25, -0.2) is 0 Å². The third-order valence-electron chi connectivity index (χ3n) is 2.84. The van der Waals surface area contributed by atoms with Gasteiger partial charge in [0.1, 0.15) is 0 Å². The molecule has 0 heterocycles. The summed E-state index contributed by atoms with van der Waals surface area (Å²) in [5.74, 6) is 1.55. The third-order valence-corrected chi connectivity index (χ3v) is 2.84. The monoisotopic (exact) mass is 174 g/mol. The molecule has 1 aromatic rings. The predicted octanol–water partition coefficient (Wildman–Crippen LogP) is 4.00. The van der Waals surface area contributed by atoms with Crippen LogP contribution in [0.15, 0.2) is 18.2 Å². The van der Waals surface area contributed by atoms with Crippen LogP contribution in [0.3, 0.4) is 0 Å². The Balaban J connectivity index is 2.36. The second-order valence-electron chi connectivity index (χ2n) is 4.61. The van der Waals surface area contributed by atoms with E-state index in [4.69, 9.17) is 0 Å². The number of aryl methyl sites for hydroxylation is 1. The van der Waals surface area contributed by atoms with Crippen LogP contribution >= 0.6 is 0 Å². The van der Waals surface area contributed by atoms with Crippen molar-refractivity contribution in [1.29, 1.82) is 0 Å². The van der Waals surface area contributed by atoms with Crippen LogP contribution in [0.5, 0.6) is 0 Å². The predicted molar refractivity (Wildman–Crippen MR) is 57.2 cm³/mol. The van der Waals surface area contributed by atoms with Gasteiger partial charge in [0, 0.05) is 0 Å². The molecule has 1 fully saturated rings. The van der Waals surface area contributed by atoms with E-state index in [9.17, 15) is 0 Å². The molecule has 1 aliphatic rings. The van der Waals surface area contributed by atoms with E-state index in [1.165, 1.54) is 24.0 Å². The van der Waals surface area contributed by atoms with Crippen LogP contribution in [0.25, 0.3) is 0 Å². The Labute approximate surface area is 81.0 Å². The summed E-state index contributed by atoms with van der Waals surface area (Å²) in [5.41, 5.74) is 4.50. The molecule has 13 heavy (non-hydrogen) atoms. The van der Waals surface area contributed by atoms with Crippen LogP contribution in [0.2, 0.25) is 0 Å². The second-order valence-corrected chi connectivity index (χ2v) is 4.61. The van der Waals surface area contributed by atoms with Crippen molar-refractivity contribution >= 4 is 0 Å². The first kappa shape index (κ1) is 8.80. The van der Waals surface area contributed by atoms with Crippen molar-refractivity contribution in [2.75, 3.05) is 0 Å². The van der Waals surface area contributed by atoms with E-state index in [-0.39, 0.29) is 0 Å². The standard InChI is InChI=1S/C13H18/c1-9(2)12-6-10(3)7-13(8-12)11-4-5-11/h6-9,11H,4-5H2,1-3H3. The average Bonchev–Trinajstić information content (AvgIpc) is 2.85. The van der Waals surface area contributed by atoms with Gasteiger partial charge in [-0.2, -0.15) is 0 Å². The highest BCUT2D eigenvalue weighted by Crippen LogP contribution is 2.41. The molecule has 0 unspecified atom stereocenters. The molecule has 1 saturated carbocycles. The maximum Gasteiger partial charge on any atom is -0.0161 e. The zero-order valence-corrected chi connectivity index (χ0v) is 8.80. The van der Waals surface area contributed by atoms with Gasteiger partial charge in [0.05, 0.1) is 0 Å². The fraction of sp³-hybridized carbons (Fsp3) is 0.538. The first-order chi connectivity index (χ1) is 6.16. The highest BCUT2D eigenvalue weighted by atomic mass is 14.3. The number of hydrogen-bond donors (Lipinski definition) is 0. The first-order valence-corrected chi connectivity index (χ1v) is 5.28. The molecule has 0 heteroatoms. The van der Waals surface area contributed by atoms with E-state index in [0.717, 1.165) is 5.92 Å². The molecule has 0 spiro atoms. The van der Waals surface area contributed by atoms with Crippen molar-refractivity contribution in [2.45, 2.75) is 45.4 Å². The van der Waals surface area contributed by atoms with Crippen LogP contribution in [0.4, 0.5) is 0 Å². The van der Waals surface area contributed by atoms with Gasteiger partial charge in [-0.3, -0.25) is 0 Å². The highest BCUT2D eigenvalue weighted by Gasteiger charge is 2.23. The van der Waals surface area contributed by atoms with Crippen molar-refractivity contribution in [2.24, 2.45) is 0 Å². The molecule has 1 aromatic carbocycles. The lowest BCUT2D eigenvalue weighted by atomic mass is 9.96. The molecule has 2 rings (SSSR count). The molecule has 0 N–H and O–H groups in total. The zero-order chi connectivity index (χ0) is 9.42. The van der Waals surface area contributed by atoms with E-state index in [2.05, 4.69) is 39.0 Å². The van der Waals surface area contributed by atoms with Gasteiger partial charge in [0.15, 0.2) is 0 Å². The quantitative estimate of drug-likeness (QED) is 0.635. The molecule has 0 radical (unpaired) electrons. The molecule has 70 valence electrons. The third kappa shape index (κ3) is 1.93. The lowest BCUT2D eigenvalue weighted by Crippen LogP contribution is -1.91. The first-order valence-electron chi connectivity index (χ1n) is 5.28. The molecular weight excluding hydrogens is 156 g/mol. The fourth-order valence-electron chi connectivity index (χ4n) is 1.83. The van der Waals surface area contributed by atoms with Gasteiger partial charge in [0.25, 0.3) is 0 Å². The van der Waals surface area contributed by atoms with E-state index >= 15 is 0 Å². The minimum atomic E-state index is 0.664. The summed E-state index contributed by atoms with van der Waals surface area (Å²) in [6.45, 7) is 6.74. The summed E-state index contributed by atoms with van der Waals surface area (Å²) >= 11 is 0. The van der Waals surface area contributed by atoms with Gasteiger partial charge in [-0.1, -0.05) is 37.6 Å². The average molecular weight is 174 g/mol. The Morgan fingerprint density at radius 1 is 1.15 bits per heavy atom. The van der Waals surface area contributed by atoms with Crippen LogP contribution in [-0.2, 0) is 0 Å². The summed E-state index contributed by atoms with van der Waals surface area (Å²) < 4.78 is 0. The maximum atomic E-state index is 2.40. The molecule has 0 amide bonds. The molecule has 0 saturated heterocycles. The van der Waals surface area contributed by atoms with Gasteiger partial charge in [-0.05, 0) is 42.7 Å². The second kappa shape index (κ2) is 3.17. The lowest BCUT2D eigenvalue weighted by molar-refractivity contribution is 0.859. The normalized spacial score (nSPS) is 16.6. The molecule has 0 bridgehead atoms. The van der Waals surface area contributed by atoms with Crippen molar-refractivity contribution in [1.82, 2.24) is 0 Å². The van der Waals surface area contributed by atoms with Crippen molar-refractivity contribution in [3.05, 3.63) is 34.9 Å². The molecule has 1 aliphatic carbocycles. The summed E-state index contributed by atoms with van der Waals surface area (Å²) in [7, 11) is 0. The van der Waals surface area contributed by atoms with E-state index < -0.39 is 0 Å². The molecule has 0 atom stereocenters. The minimum Gasteiger partial charge on any atom is -0.0587 e. The van der Waals surface area contributed by atoms with Crippen LogP contribution in [0, 0.1) is 6.92 Å². The smallest absolute Gasteiger partial charge is 0.0161 e. The largest absolute Gasteiger partial charge is 0.0587 e. The molecule has 0 aliphatic heterocycles. The van der Waals surface area contributed by atoms with Crippen LogP contribution < -0.4 is 0 Å². The summed E-state index contributed by atoms with van der Waals surface area (Å²) in [5, 5.41) is 0. The van der Waals surface area contributed by atoms with Crippen molar-refractivity contribution in [3.63, 3.8) is 0 Å². The minimum absolute atomic E-state index is 0.664. The summed E-state index contributed by atoms with van der Waals surface area (Å²) in [4.78, 5) is 0. The van der Waals surface area contributed by atoms with Gasteiger partial charge < -0.3 is 0 Å². The lowest BCUT2D eigenvalue weighted by Gasteiger charge is -2.09.